The van der Waals surface area contributed by atoms with Gasteiger partial charge < -0.3 is 15.4 Å². The molecule has 21 heavy (non-hydrogen) atoms. The molecule has 0 aliphatic carbocycles. The van der Waals surface area contributed by atoms with E-state index in [9.17, 15) is 4.79 Å². The Morgan fingerprint density at radius 1 is 1.38 bits per heavy atom. The number of rotatable bonds is 3. The van der Waals surface area contributed by atoms with Gasteiger partial charge in [0, 0.05) is 31.3 Å². The van der Waals surface area contributed by atoms with E-state index in [0.717, 1.165) is 29.7 Å². The van der Waals surface area contributed by atoms with Crippen LogP contribution in [0.5, 0.6) is 0 Å². The fraction of sp³-hybridized carbons (Fsp3) is 0.375. The van der Waals surface area contributed by atoms with Gasteiger partial charge in [-0.25, -0.2) is 0 Å². The lowest BCUT2D eigenvalue weighted by Gasteiger charge is -2.19. The number of pyridine rings is 1. The van der Waals surface area contributed by atoms with Crippen molar-refractivity contribution in [1.82, 2.24) is 15.6 Å². The minimum atomic E-state index is -0.0764. The molecule has 1 aromatic carbocycles. The van der Waals surface area contributed by atoms with Gasteiger partial charge in [0.15, 0.2) is 0 Å². The Labute approximate surface area is 123 Å². The molecule has 0 saturated carbocycles. The number of para-hydroxylation sites is 1. The zero-order chi connectivity index (χ0) is 14.8. The number of nitrogens with zero attached hydrogens (tertiary/aromatic N) is 1. The van der Waals surface area contributed by atoms with Crippen LogP contribution in [0.25, 0.3) is 10.9 Å². The first kappa shape index (κ1) is 14.0. The Morgan fingerprint density at radius 3 is 3.00 bits per heavy atom. The van der Waals surface area contributed by atoms with E-state index >= 15 is 0 Å². The van der Waals surface area contributed by atoms with Gasteiger partial charge in [-0.2, -0.15) is 0 Å². The molecule has 1 saturated heterocycles. The van der Waals surface area contributed by atoms with E-state index in [-0.39, 0.29) is 18.1 Å². The largest absolute Gasteiger partial charge is 0.378 e. The smallest absolute Gasteiger partial charge is 0.252 e. The van der Waals surface area contributed by atoms with Crippen LogP contribution in [-0.2, 0) is 4.74 Å². The van der Waals surface area contributed by atoms with Crippen molar-refractivity contribution >= 4 is 16.8 Å². The quantitative estimate of drug-likeness (QED) is 0.891. The van der Waals surface area contributed by atoms with E-state index in [1.165, 1.54) is 0 Å². The molecule has 3 rings (SSSR count). The van der Waals surface area contributed by atoms with Crippen LogP contribution in [0.15, 0.2) is 30.3 Å². The summed E-state index contributed by atoms with van der Waals surface area (Å²) in [6.07, 6.45) is 0.0168. The maximum Gasteiger partial charge on any atom is 0.252 e. The van der Waals surface area contributed by atoms with Gasteiger partial charge >= 0.3 is 0 Å². The zero-order valence-corrected chi connectivity index (χ0v) is 12.2. The van der Waals surface area contributed by atoms with Gasteiger partial charge in [-0.1, -0.05) is 18.2 Å². The molecule has 1 aliphatic rings. The summed E-state index contributed by atoms with van der Waals surface area (Å²) in [4.78, 5) is 17.1. The number of ether oxygens (including phenoxy) is 1. The van der Waals surface area contributed by atoms with Gasteiger partial charge in [0.1, 0.15) is 0 Å². The number of aromatic nitrogens is 1. The van der Waals surface area contributed by atoms with Crippen LogP contribution >= 0.6 is 0 Å². The summed E-state index contributed by atoms with van der Waals surface area (Å²) in [6.45, 7) is 3.39. The number of fused-ring (bicyclic) bond motifs is 1. The maximum atomic E-state index is 12.6. The van der Waals surface area contributed by atoms with E-state index in [1.54, 1.807) is 7.11 Å². The number of benzene rings is 1. The van der Waals surface area contributed by atoms with Crippen LogP contribution in [0, 0.1) is 6.92 Å². The SMILES string of the molecule is CO[C@H]1CNCC1NC(=O)c1cc(C)nc2ccccc12. The van der Waals surface area contributed by atoms with Crippen molar-refractivity contribution in [2.75, 3.05) is 20.2 Å². The predicted octanol–water partition coefficient (Wildman–Crippen LogP) is 1.26. The van der Waals surface area contributed by atoms with Crippen molar-refractivity contribution in [3.8, 4) is 0 Å². The summed E-state index contributed by atoms with van der Waals surface area (Å²) in [5, 5.41) is 7.16. The topological polar surface area (TPSA) is 63.2 Å². The highest BCUT2D eigenvalue weighted by molar-refractivity contribution is 6.06. The summed E-state index contributed by atoms with van der Waals surface area (Å²) >= 11 is 0. The molecule has 0 bridgehead atoms. The van der Waals surface area contributed by atoms with Gasteiger partial charge in [0.25, 0.3) is 5.91 Å². The van der Waals surface area contributed by atoms with Gasteiger partial charge in [0.05, 0.1) is 23.2 Å². The number of carbonyl (C=O) groups is 1. The molecular weight excluding hydrogens is 266 g/mol. The number of methoxy groups -OCH3 is 1. The Kier molecular flexibility index (Phi) is 3.86. The van der Waals surface area contributed by atoms with E-state index in [0.29, 0.717) is 5.56 Å². The van der Waals surface area contributed by atoms with Crippen molar-refractivity contribution < 1.29 is 9.53 Å². The molecule has 2 heterocycles. The average Bonchev–Trinajstić information content (AvgIpc) is 2.93. The second kappa shape index (κ2) is 5.79. The number of amides is 1. The summed E-state index contributed by atoms with van der Waals surface area (Å²) in [5.74, 6) is -0.0764. The lowest BCUT2D eigenvalue weighted by Crippen LogP contribution is -2.43. The van der Waals surface area contributed by atoms with Gasteiger partial charge in [-0.3, -0.25) is 9.78 Å². The first-order valence-corrected chi connectivity index (χ1v) is 7.10. The van der Waals surface area contributed by atoms with Gasteiger partial charge in [-0.05, 0) is 19.1 Å². The fourth-order valence-corrected chi connectivity index (χ4v) is 2.79. The number of carbonyl (C=O) groups excluding carboxylic acids is 1. The Bertz CT molecular complexity index is 672. The average molecular weight is 285 g/mol. The Hall–Kier alpha value is -1.98. The second-order valence-electron chi connectivity index (χ2n) is 5.34. The molecule has 1 unspecified atom stereocenters. The zero-order valence-electron chi connectivity index (χ0n) is 12.2. The number of nitrogens with one attached hydrogen (secondary N) is 2. The minimum Gasteiger partial charge on any atom is -0.378 e. The lowest BCUT2D eigenvalue weighted by atomic mass is 10.1. The van der Waals surface area contributed by atoms with Crippen molar-refractivity contribution in [1.29, 1.82) is 0 Å². The molecule has 0 radical (unpaired) electrons. The molecule has 5 heteroatoms. The molecule has 2 aromatic rings. The molecule has 1 amide bonds. The van der Waals surface area contributed by atoms with E-state index in [4.69, 9.17) is 4.74 Å². The Balaban J connectivity index is 1.91. The normalized spacial score (nSPS) is 21.6. The molecule has 2 N–H and O–H groups in total. The monoisotopic (exact) mass is 285 g/mol. The number of hydrogen-bond acceptors (Lipinski definition) is 4. The fourth-order valence-electron chi connectivity index (χ4n) is 2.79. The lowest BCUT2D eigenvalue weighted by molar-refractivity contribution is 0.0781. The van der Waals surface area contributed by atoms with E-state index in [1.807, 2.05) is 37.3 Å². The van der Waals surface area contributed by atoms with E-state index < -0.39 is 0 Å². The van der Waals surface area contributed by atoms with Crippen molar-refractivity contribution in [2.24, 2.45) is 0 Å². The van der Waals surface area contributed by atoms with Crippen LogP contribution < -0.4 is 10.6 Å². The molecule has 110 valence electrons. The molecule has 1 aromatic heterocycles. The van der Waals surface area contributed by atoms with E-state index in [2.05, 4.69) is 15.6 Å². The highest BCUT2D eigenvalue weighted by Crippen LogP contribution is 2.18. The van der Waals surface area contributed by atoms with Crippen molar-refractivity contribution in [2.45, 2.75) is 19.1 Å². The molecule has 1 aliphatic heterocycles. The summed E-state index contributed by atoms with van der Waals surface area (Å²) in [7, 11) is 1.67. The summed E-state index contributed by atoms with van der Waals surface area (Å²) in [5.41, 5.74) is 2.35. The third kappa shape index (κ3) is 2.75. The molecule has 0 spiro atoms. The highest BCUT2D eigenvalue weighted by Gasteiger charge is 2.28. The van der Waals surface area contributed by atoms with Gasteiger partial charge in [0.2, 0.25) is 0 Å². The first-order chi connectivity index (χ1) is 10.2. The minimum absolute atomic E-state index is 0.00488. The van der Waals surface area contributed by atoms with Crippen LogP contribution in [0.1, 0.15) is 16.1 Å². The van der Waals surface area contributed by atoms with Crippen molar-refractivity contribution in [3.05, 3.63) is 41.6 Å². The summed E-state index contributed by atoms with van der Waals surface area (Å²) < 4.78 is 5.38. The molecular formula is C16H19N3O2. The van der Waals surface area contributed by atoms with Crippen LogP contribution in [-0.4, -0.2) is 43.2 Å². The van der Waals surface area contributed by atoms with Crippen molar-refractivity contribution in [3.63, 3.8) is 0 Å². The maximum absolute atomic E-state index is 12.6. The predicted molar refractivity (Wildman–Crippen MR) is 81.4 cm³/mol. The first-order valence-electron chi connectivity index (χ1n) is 7.10. The number of hydrogen-bond donors (Lipinski definition) is 2. The van der Waals surface area contributed by atoms with Crippen LogP contribution in [0.4, 0.5) is 0 Å². The molecule has 5 nitrogen and oxygen atoms in total. The summed E-state index contributed by atoms with van der Waals surface area (Å²) in [6, 6.07) is 9.53. The highest BCUT2D eigenvalue weighted by atomic mass is 16.5. The third-order valence-corrected chi connectivity index (χ3v) is 3.87. The number of aryl methyl sites for hydroxylation is 1. The van der Waals surface area contributed by atoms with Crippen LogP contribution in [0.3, 0.4) is 0 Å². The second-order valence-corrected chi connectivity index (χ2v) is 5.34. The molecule has 2 atom stereocenters. The Morgan fingerprint density at radius 2 is 2.19 bits per heavy atom. The molecule has 1 fully saturated rings. The third-order valence-electron chi connectivity index (χ3n) is 3.87. The van der Waals surface area contributed by atoms with Crippen LogP contribution in [0.2, 0.25) is 0 Å². The standard InChI is InChI=1S/C16H19N3O2/c1-10-7-12(11-5-3-4-6-13(11)18-10)16(20)19-14-8-17-9-15(14)21-2/h3-7,14-15,17H,8-9H2,1-2H3,(H,19,20)/t14?,15-/m0/s1. The van der Waals surface area contributed by atoms with Gasteiger partial charge in [-0.15, -0.1) is 0 Å².